The molecule has 20 heavy (non-hydrogen) atoms. The number of nitrogens with zero attached hydrogens (tertiary/aromatic N) is 1. The summed E-state index contributed by atoms with van der Waals surface area (Å²) in [6, 6.07) is -0.0168. The van der Waals surface area contributed by atoms with Gasteiger partial charge in [0.1, 0.15) is 0 Å². The molecule has 112 valence electrons. The second-order valence-electron chi connectivity index (χ2n) is 6.23. The van der Waals surface area contributed by atoms with Crippen LogP contribution in [0.15, 0.2) is 0 Å². The zero-order valence-electron chi connectivity index (χ0n) is 11.7. The summed E-state index contributed by atoms with van der Waals surface area (Å²) in [7, 11) is 0. The molecule has 2 heterocycles. The summed E-state index contributed by atoms with van der Waals surface area (Å²) < 4.78 is 0. The quantitative estimate of drug-likeness (QED) is 0.634. The van der Waals surface area contributed by atoms with Gasteiger partial charge in [0.25, 0.3) is 0 Å². The number of rotatable bonds is 3. The first-order chi connectivity index (χ1) is 9.63. The fourth-order valence-electron chi connectivity index (χ4n) is 3.03. The number of β-amino-alcohol motifs (C(OH)–C–C–N with tert-alkyl or cyclic N) is 1. The van der Waals surface area contributed by atoms with Crippen molar-refractivity contribution in [3.63, 3.8) is 0 Å². The average molecular weight is 281 g/mol. The van der Waals surface area contributed by atoms with Gasteiger partial charge in [-0.2, -0.15) is 0 Å². The number of amides is 2. The second kappa shape index (κ2) is 5.69. The molecule has 0 aromatic rings. The summed E-state index contributed by atoms with van der Waals surface area (Å²) in [4.78, 5) is 25.8. The third kappa shape index (κ3) is 3.12. The lowest BCUT2D eigenvalue weighted by Gasteiger charge is -2.34. The Morgan fingerprint density at radius 1 is 1.15 bits per heavy atom. The molecule has 6 heteroatoms. The number of nitrogens with one attached hydrogen (secondary N) is 2. The van der Waals surface area contributed by atoms with Gasteiger partial charge in [0.2, 0.25) is 11.8 Å². The van der Waals surface area contributed by atoms with E-state index in [4.69, 9.17) is 0 Å². The fourth-order valence-corrected chi connectivity index (χ4v) is 3.03. The molecule has 0 aromatic carbocycles. The van der Waals surface area contributed by atoms with Crippen LogP contribution in [0.4, 0.5) is 0 Å². The van der Waals surface area contributed by atoms with E-state index in [1.165, 1.54) is 0 Å². The largest absolute Gasteiger partial charge is 0.392 e. The normalized spacial score (nSPS) is 31.4. The Labute approximate surface area is 118 Å². The number of piperidine rings is 1. The summed E-state index contributed by atoms with van der Waals surface area (Å²) in [5.74, 6) is 0.530. The molecule has 2 atom stereocenters. The predicted molar refractivity (Wildman–Crippen MR) is 72.9 cm³/mol. The van der Waals surface area contributed by atoms with Crippen molar-refractivity contribution in [2.75, 3.05) is 19.6 Å². The zero-order chi connectivity index (χ0) is 14.1. The highest BCUT2D eigenvalue weighted by atomic mass is 16.3. The Kier molecular flexibility index (Phi) is 3.94. The van der Waals surface area contributed by atoms with Gasteiger partial charge in [-0.05, 0) is 32.1 Å². The van der Waals surface area contributed by atoms with Gasteiger partial charge in [0.05, 0.1) is 12.1 Å². The van der Waals surface area contributed by atoms with E-state index in [9.17, 15) is 14.7 Å². The monoisotopic (exact) mass is 281 g/mol. The van der Waals surface area contributed by atoms with Crippen molar-refractivity contribution in [1.82, 2.24) is 15.5 Å². The zero-order valence-corrected chi connectivity index (χ0v) is 11.7. The third-order valence-electron chi connectivity index (χ3n) is 4.51. The molecule has 6 nitrogen and oxygen atoms in total. The Bertz CT molecular complexity index is 389. The van der Waals surface area contributed by atoms with E-state index in [2.05, 4.69) is 10.6 Å². The van der Waals surface area contributed by atoms with Crippen LogP contribution in [0.1, 0.15) is 32.1 Å². The van der Waals surface area contributed by atoms with Crippen LogP contribution in [-0.2, 0) is 9.59 Å². The lowest BCUT2D eigenvalue weighted by Crippen LogP contribution is -2.51. The van der Waals surface area contributed by atoms with Crippen LogP contribution in [0.5, 0.6) is 0 Å². The number of hydrogen-bond acceptors (Lipinski definition) is 4. The Hall–Kier alpha value is -1.14. The number of aliphatic hydroxyl groups is 1. The molecule has 3 N–H and O–H groups in total. The summed E-state index contributed by atoms with van der Waals surface area (Å²) in [6.45, 7) is 1.90. The average Bonchev–Trinajstić information content (AvgIpc) is 3.21. The van der Waals surface area contributed by atoms with Crippen LogP contribution in [0.3, 0.4) is 0 Å². The highest BCUT2D eigenvalue weighted by Crippen LogP contribution is 2.29. The highest BCUT2D eigenvalue weighted by molar-refractivity contribution is 5.83. The molecule has 2 amide bonds. The fraction of sp³-hybridized carbons (Fsp3) is 0.857. The Balaban J connectivity index is 1.43. The van der Waals surface area contributed by atoms with Gasteiger partial charge in [-0.15, -0.1) is 0 Å². The van der Waals surface area contributed by atoms with E-state index in [1.54, 1.807) is 0 Å². The molecular formula is C14H23N3O3. The standard InChI is InChI=1S/C14H23N3O3/c18-11-7-12(15-8-11)14(20)17-5-3-10(4-6-17)16-13(19)9-1-2-9/h9-12,15,18H,1-8H2,(H,16,19). The Morgan fingerprint density at radius 2 is 1.85 bits per heavy atom. The topological polar surface area (TPSA) is 81.7 Å². The van der Waals surface area contributed by atoms with Gasteiger partial charge in [-0.25, -0.2) is 0 Å². The van der Waals surface area contributed by atoms with Crippen molar-refractivity contribution in [3.8, 4) is 0 Å². The van der Waals surface area contributed by atoms with E-state index < -0.39 is 6.10 Å². The van der Waals surface area contributed by atoms with Crippen molar-refractivity contribution >= 4 is 11.8 Å². The molecule has 2 unspecified atom stereocenters. The molecule has 3 fully saturated rings. The number of aliphatic hydroxyl groups excluding tert-OH is 1. The summed E-state index contributed by atoms with van der Waals surface area (Å²) >= 11 is 0. The van der Waals surface area contributed by atoms with Crippen molar-refractivity contribution in [3.05, 3.63) is 0 Å². The number of hydrogen-bond donors (Lipinski definition) is 3. The summed E-state index contributed by atoms with van der Waals surface area (Å²) in [5.41, 5.74) is 0. The maximum atomic E-state index is 12.3. The molecule has 3 aliphatic rings. The van der Waals surface area contributed by atoms with E-state index in [-0.39, 0.29) is 29.8 Å². The van der Waals surface area contributed by atoms with Gasteiger partial charge >= 0.3 is 0 Å². The smallest absolute Gasteiger partial charge is 0.239 e. The third-order valence-corrected chi connectivity index (χ3v) is 4.51. The van der Waals surface area contributed by atoms with Crippen molar-refractivity contribution < 1.29 is 14.7 Å². The minimum absolute atomic E-state index is 0.0912. The van der Waals surface area contributed by atoms with Gasteiger partial charge in [0.15, 0.2) is 0 Å². The molecule has 3 rings (SSSR count). The van der Waals surface area contributed by atoms with Crippen molar-refractivity contribution in [1.29, 1.82) is 0 Å². The maximum absolute atomic E-state index is 12.3. The van der Waals surface area contributed by atoms with Crippen molar-refractivity contribution in [2.45, 2.75) is 50.3 Å². The predicted octanol–water partition coefficient (Wildman–Crippen LogP) is -0.774. The molecule has 2 aliphatic heterocycles. The van der Waals surface area contributed by atoms with Crippen LogP contribution in [0.2, 0.25) is 0 Å². The maximum Gasteiger partial charge on any atom is 0.239 e. The van der Waals surface area contributed by atoms with E-state index >= 15 is 0 Å². The first-order valence-electron chi connectivity index (χ1n) is 7.64. The van der Waals surface area contributed by atoms with Gasteiger partial charge < -0.3 is 20.6 Å². The van der Waals surface area contributed by atoms with Crippen LogP contribution in [0, 0.1) is 5.92 Å². The van der Waals surface area contributed by atoms with Crippen LogP contribution in [0.25, 0.3) is 0 Å². The SMILES string of the molecule is O=C(NC1CCN(C(=O)C2CC(O)CN2)CC1)C1CC1. The van der Waals surface area contributed by atoms with E-state index in [1.807, 2.05) is 4.90 Å². The van der Waals surface area contributed by atoms with Crippen molar-refractivity contribution in [2.24, 2.45) is 5.92 Å². The molecule has 0 radical (unpaired) electrons. The molecule has 2 saturated heterocycles. The van der Waals surface area contributed by atoms with E-state index in [0.29, 0.717) is 26.1 Å². The molecule has 0 aromatic heterocycles. The van der Waals surface area contributed by atoms with E-state index in [0.717, 1.165) is 25.7 Å². The first-order valence-corrected chi connectivity index (χ1v) is 7.64. The Morgan fingerprint density at radius 3 is 2.40 bits per heavy atom. The lowest BCUT2D eigenvalue weighted by molar-refractivity contribution is -0.134. The number of carbonyl (C=O) groups excluding carboxylic acids is 2. The van der Waals surface area contributed by atoms with Gasteiger partial charge in [-0.1, -0.05) is 0 Å². The molecular weight excluding hydrogens is 258 g/mol. The lowest BCUT2D eigenvalue weighted by atomic mass is 10.0. The first kappa shape index (κ1) is 13.8. The van der Waals surface area contributed by atoms with Crippen LogP contribution in [-0.4, -0.2) is 59.6 Å². The number of likely N-dealkylation sites (tertiary alicyclic amines) is 1. The summed E-state index contributed by atoms with van der Waals surface area (Å²) in [5, 5.41) is 15.6. The van der Waals surface area contributed by atoms with Crippen LogP contribution >= 0.6 is 0 Å². The van der Waals surface area contributed by atoms with Crippen LogP contribution < -0.4 is 10.6 Å². The molecule has 0 bridgehead atoms. The minimum Gasteiger partial charge on any atom is -0.392 e. The highest BCUT2D eigenvalue weighted by Gasteiger charge is 2.35. The summed E-state index contributed by atoms with van der Waals surface area (Å²) in [6.07, 6.45) is 3.83. The molecule has 1 aliphatic carbocycles. The van der Waals surface area contributed by atoms with Gasteiger partial charge in [0, 0.05) is 31.6 Å². The molecule has 1 saturated carbocycles. The van der Waals surface area contributed by atoms with Gasteiger partial charge in [-0.3, -0.25) is 9.59 Å². The minimum atomic E-state index is -0.403. The second-order valence-corrected chi connectivity index (χ2v) is 6.23. The number of carbonyl (C=O) groups is 2. The molecule has 0 spiro atoms.